The zero-order chi connectivity index (χ0) is 10.3. The second kappa shape index (κ2) is 6.22. The maximum Gasteiger partial charge on any atom is 0.373 e. The van der Waals surface area contributed by atoms with Crippen LogP contribution in [0.15, 0.2) is 11.8 Å². The van der Waals surface area contributed by atoms with Crippen LogP contribution in [0.25, 0.3) is 0 Å². The van der Waals surface area contributed by atoms with Crippen molar-refractivity contribution in [2.24, 2.45) is 0 Å². The van der Waals surface area contributed by atoms with Crippen molar-refractivity contribution in [1.82, 2.24) is 0 Å². The first-order valence-corrected chi connectivity index (χ1v) is 4.08. The van der Waals surface area contributed by atoms with E-state index in [0.29, 0.717) is 6.42 Å². The average molecular weight is 186 g/mol. The van der Waals surface area contributed by atoms with Crippen LogP contribution in [0, 0.1) is 0 Å². The molecule has 0 rings (SSSR count). The van der Waals surface area contributed by atoms with Gasteiger partial charge in [0.1, 0.15) is 0 Å². The summed E-state index contributed by atoms with van der Waals surface area (Å²) >= 11 is 0. The number of hydrogen-bond donors (Lipinski definition) is 0. The van der Waals surface area contributed by atoms with Crippen LogP contribution < -0.4 is 0 Å². The van der Waals surface area contributed by atoms with E-state index in [4.69, 9.17) is 0 Å². The van der Waals surface area contributed by atoms with E-state index >= 15 is 0 Å². The summed E-state index contributed by atoms with van der Waals surface area (Å²) in [5.41, 5.74) is 0. The molecule has 0 aromatic rings. The van der Waals surface area contributed by atoms with E-state index in [1.165, 1.54) is 14.0 Å². The minimum atomic E-state index is -0.622. The first kappa shape index (κ1) is 11.7. The van der Waals surface area contributed by atoms with Gasteiger partial charge < -0.3 is 9.47 Å². The maximum atomic E-state index is 11.0. The van der Waals surface area contributed by atoms with E-state index in [1.807, 2.05) is 6.92 Å². The van der Waals surface area contributed by atoms with Gasteiger partial charge in [-0.25, -0.2) is 4.79 Å². The standard InChI is InChI=1S/C9H14O4/c1-4-5-6-8(9(11)12-3)13-7(2)10/h6H,4-5H2,1-3H3/b8-6+. The summed E-state index contributed by atoms with van der Waals surface area (Å²) in [7, 11) is 1.24. The van der Waals surface area contributed by atoms with Crippen molar-refractivity contribution in [3.05, 3.63) is 11.8 Å². The van der Waals surface area contributed by atoms with E-state index in [-0.39, 0.29) is 5.76 Å². The third-order valence-corrected chi connectivity index (χ3v) is 1.26. The van der Waals surface area contributed by atoms with Crippen molar-refractivity contribution in [3.8, 4) is 0 Å². The summed E-state index contributed by atoms with van der Waals surface area (Å²) in [4.78, 5) is 21.6. The predicted octanol–water partition coefficient (Wildman–Crippen LogP) is 1.41. The normalized spacial score (nSPS) is 10.8. The molecule has 0 aliphatic heterocycles. The summed E-state index contributed by atoms with van der Waals surface area (Å²) in [5.74, 6) is -1.17. The van der Waals surface area contributed by atoms with Crippen molar-refractivity contribution in [1.29, 1.82) is 0 Å². The van der Waals surface area contributed by atoms with Gasteiger partial charge in [-0.05, 0) is 12.5 Å². The zero-order valence-corrected chi connectivity index (χ0v) is 8.12. The summed E-state index contributed by atoms with van der Waals surface area (Å²) in [6.45, 7) is 3.20. The number of ether oxygens (including phenoxy) is 2. The molecule has 0 saturated carbocycles. The van der Waals surface area contributed by atoms with Crippen LogP contribution in [0.4, 0.5) is 0 Å². The highest BCUT2D eigenvalue weighted by molar-refractivity contribution is 5.89. The number of unbranched alkanes of at least 4 members (excludes halogenated alkanes) is 1. The van der Waals surface area contributed by atoms with E-state index in [1.54, 1.807) is 6.08 Å². The van der Waals surface area contributed by atoms with Gasteiger partial charge in [0.05, 0.1) is 7.11 Å². The van der Waals surface area contributed by atoms with Gasteiger partial charge in [-0.2, -0.15) is 0 Å². The topological polar surface area (TPSA) is 52.6 Å². The smallest absolute Gasteiger partial charge is 0.373 e. The number of esters is 2. The molecule has 0 bridgehead atoms. The minimum Gasteiger partial charge on any atom is -0.463 e. The number of hydrogen-bond acceptors (Lipinski definition) is 4. The molecule has 0 amide bonds. The largest absolute Gasteiger partial charge is 0.463 e. The lowest BCUT2D eigenvalue weighted by molar-refractivity contribution is -0.148. The minimum absolute atomic E-state index is 0.0307. The monoisotopic (exact) mass is 186 g/mol. The highest BCUT2D eigenvalue weighted by atomic mass is 16.6. The van der Waals surface area contributed by atoms with Crippen molar-refractivity contribution in [2.75, 3.05) is 7.11 Å². The molecule has 0 spiro atoms. The summed E-state index contributed by atoms with van der Waals surface area (Å²) < 4.78 is 9.08. The van der Waals surface area contributed by atoms with Gasteiger partial charge in [-0.3, -0.25) is 4.79 Å². The lowest BCUT2D eigenvalue weighted by Gasteiger charge is -2.03. The maximum absolute atomic E-state index is 11.0. The van der Waals surface area contributed by atoms with Gasteiger partial charge in [0.15, 0.2) is 0 Å². The molecule has 0 radical (unpaired) electrons. The second-order valence-electron chi connectivity index (χ2n) is 2.44. The van der Waals surface area contributed by atoms with Gasteiger partial charge in [0.25, 0.3) is 0 Å². The Kier molecular flexibility index (Phi) is 5.59. The van der Waals surface area contributed by atoms with Crippen molar-refractivity contribution >= 4 is 11.9 Å². The van der Waals surface area contributed by atoms with Crippen molar-refractivity contribution in [3.63, 3.8) is 0 Å². The van der Waals surface area contributed by atoms with Gasteiger partial charge >= 0.3 is 11.9 Å². The lowest BCUT2D eigenvalue weighted by Crippen LogP contribution is -2.11. The number of allylic oxidation sites excluding steroid dienone is 1. The molecule has 0 heterocycles. The Morgan fingerprint density at radius 1 is 1.38 bits per heavy atom. The Hall–Kier alpha value is -1.32. The van der Waals surface area contributed by atoms with Gasteiger partial charge in [0.2, 0.25) is 5.76 Å². The molecule has 0 aromatic carbocycles. The molecular weight excluding hydrogens is 172 g/mol. The average Bonchev–Trinajstić information content (AvgIpc) is 2.10. The number of carbonyl (C=O) groups excluding carboxylic acids is 2. The summed E-state index contributed by atoms with van der Waals surface area (Å²) in [6.07, 6.45) is 3.10. The SMILES string of the molecule is CCC/C=C(/OC(C)=O)C(=O)OC. The molecule has 0 unspecified atom stereocenters. The molecule has 4 nitrogen and oxygen atoms in total. The quantitative estimate of drug-likeness (QED) is 0.378. The van der Waals surface area contributed by atoms with Crippen LogP contribution in [-0.2, 0) is 19.1 Å². The van der Waals surface area contributed by atoms with Crippen LogP contribution in [0.5, 0.6) is 0 Å². The molecule has 0 aliphatic carbocycles. The predicted molar refractivity (Wildman–Crippen MR) is 46.8 cm³/mol. The van der Waals surface area contributed by atoms with Crippen LogP contribution in [0.2, 0.25) is 0 Å². The Morgan fingerprint density at radius 2 is 2.00 bits per heavy atom. The molecule has 0 N–H and O–H groups in total. The second-order valence-corrected chi connectivity index (χ2v) is 2.44. The molecule has 0 aromatic heterocycles. The summed E-state index contributed by atoms with van der Waals surface area (Å²) in [5, 5.41) is 0. The Morgan fingerprint density at radius 3 is 2.38 bits per heavy atom. The highest BCUT2D eigenvalue weighted by Gasteiger charge is 2.12. The molecule has 0 aliphatic rings. The van der Waals surface area contributed by atoms with E-state index in [2.05, 4.69) is 9.47 Å². The Bertz CT molecular complexity index is 218. The van der Waals surface area contributed by atoms with Crippen LogP contribution >= 0.6 is 0 Å². The van der Waals surface area contributed by atoms with Gasteiger partial charge in [-0.15, -0.1) is 0 Å². The first-order chi connectivity index (χ1) is 6.11. The third kappa shape index (κ3) is 5.00. The lowest BCUT2D eigenvalue weighted by atomic mass is 10.3. The molecule has 0 saturated heterocycles. The van der Waals surface area contributed by atoms with Crippen LogP contribution in [0.3, 0.4) is 0 Å². The molecule has 0 fully saturated rings. The molecular formula is C9H14O4. The fourth-order valence-corrected chi connectivity index (χ4v) is 0.698. The Labute approximate surface area is 77.5 Å². The molecule has 4 heteroatoms. The van der Waals surface area contributed by atoms with Crippen molar-refractivity contribution in [2.45, 2.75) is 26.7 Å². The first-order valence-electron chi connectivity index (χ1n) is 4.08. The third-order valence-electron chi connectivity index (χ3n) is 1.26. The zero-order valence-electron chi connectivity index (χ0n) is 8.12. The Balaban J connectivity index is 4.35. The molecule has 13 heavy (non-hydrogen) atoms. The van der Waals surface area contributed by atoms with E-state index in [0.717, 1.165) is 6.42 Å². The van der Waals surface area contributed by atoms with Crippen molar-refractivity contribution < 1.29 is 19.1 Å². The number of methoxy groups -OCH3 is 1. The fraction of sp³-hybridized carbons (Fsp3) is 0.556. The number of rotatable bonds is 4. The van der Waals surface area contributed by atoms with E-state index < -0.39 is 11.9 Å². The fourth-order valence-electron chi connectivity index (χ4n) is 0.698. The number of carbonyl (C=O) groups is 2. The van der Waals surface area contributed by atoms with Gasteiger partial charge in [-0.1, -0.05) is 13.3 Å². The molecule has 74 valence electrons. The van der Waals surface area contributed by atoms with E-state index in [9.17, 15) is 9.59 Å². The summed E-state index contributed by atoms with van der Waals surface area (Å²) in [6, 6.07) is 0. The van der Waals surface area contributed by atoms with Crippen LogP contribution in [-0.4, -0.2) is 19.0 Å². The highest BCUT2D eigenvalue weighted by Crippen LogP contribution is 2.03. The molecule has 0 atom stereocenters. The van der Waals surface area contributed by atoms with Gasteiger partial charge in [0, 0.05) is 6.92 Å². The van der Waals surface area contributed by atoms with Crippen LogP contribution in [0.1, 0.15) is 26.7 Å².